The molecule has 1 heterocycles. The van der Waals surface area contributed by atoms with Gasteiger partial charge in [0.1, 0.15) is 5.75 Å². The SMILES string of the molecule is CN=c1n(CC(=O)c2cc(C(C)(C)C)c(O)c(C(C)(C)C)c2)c2ccccc2n1Cc1ccccc1.O=C(O)C(F)(F)F. The summed E-state index contributed by atoms with van der Waals surface area (Å²) in [5.74, 6) is -2.49. The summed E-state index contributed by atoms with van der Waals surface area (Å²) in [7, 11) is 1.77. The lowest BCUT2D eigenvalue weighted by Crippen LogP contribution is -2.29. The monoisotopic (exact) mass is 597 g/mol. The summed E-state index contributed by atoms with van der Waals surface area (Å²) in [6.45, 7) is 13.2. The molecule has 0 atom stereocenters. The number of para-hydroxylation sites is 2. The summed E-state index contributed by atoms with van der Waals surface area (Å²) < 4.78 is 35.9. The number of imidazole rings is 1. The molecule has 0 amide bonds. The summed E-state index contributed by atoms with van der Waals surface area (Å²) in [4.78, 5) is 27.3. The third kappa shape index (κ3) is 7.74. The Balaban J connectivity index is 0.000000646. The minimum absolute atomic E-state index is 0.0106. The number of nitrogens with zero attached hydrogens (tertiary/aromatic N) is 3. The lowest BCUT2D eigenvalue weighted by atomic mass is 9.78. The number of phenols is 1. The summed E-state index contributed by atoms with van der Waals surface area (Å²) >= 11 is 0. The van der Waals surface area contributed by atoms with Crippen LogP contribution in [0.25, 0.3) is 11.0 Å². The molecular formula is C33H38F3N3O4. The van der Waals surface area contributed by atoms with Gasteiger partial charge in [-0.15, -0.1) is 0 Å². The Kier molecular flexibility index (Phi) is 9.63. The van der Waals surface area contributed by atoms with Gasteiger partial charge in [0.25, 0.3) is 0 Å². The second-order valence-corrected chi connectivity index (χ2v) is 12.3. The van der Waals surface area contributed by atoms with E-state index in [1.807, 2.05) is 53.1 Å². The largest absolute Gasteiger partial charge is 0.507 e. The molecule has 0 spiro atoms. The zero-order valence-electron chi connectivity index (χ0n) is 25.5. The molecule has 0 aliphatic carbocycles. The molecule has 0 saturated carbocycles. The smallest absolute Gasteiger partial charge is 0.490 e. The van der Waals surface area contributed by atoms with Crippen LogP contribution >= 0.6 is 0 Å². The van der Waals surface area contributed by atoms with Gasteiger partial charge in [0.05, 0.1) is 24.1 Å². The third-order valence-corrected chi connectivity index (χ3v) is 6.92. The number of alkyl halides is 3. The first kappa shape index (κ1) is 33.2. The summed E-state index contributed by atoms with van der Waals surface area (Å²) in [5.41, 5.74) is 5.50. The summed E-state index contributed by atoms with van der Waals surface area (Å²) in [5, 5.41) is 18.2. The quantitative estimate of drug-likeness (QED) is 0.246. The predicted octanol–water partition coefficient (Wildman–Crippen LogP) is 6.84. The number of hydrogen-bond donors (Lipinski definition) is 2. The van der Waals surface area contributed by atoms with E-state index in [1.54, 1.807) is 7.05 Å². The van der Waals surface area contributed by atoms with Gasteiger partial charge in [-0.3, -0.25) is 9.79 Å². The van der Waals surface area contributed by atoms with Crippen LogP contribution in [-0.2, 0) is 28.7 Å². The first-order valence-corrected chi connectivity index (χ1v) is 13.7. The molecule has 7 nitrogen and oxygen atoms in total. The number of aliphatic carboxylic acids is 1. The van der Waals surface area contributed by atoms with Crippen molar-refractivity contribution >= 4 is 22.8 Å². The molecule has 4 aromatic rings. The number of rotatable bonds is 5. The van der Waals surface area contributed by atoms with Crippen molar-refractivity contribution in [3.8, 4) is 5.75 Å². The Bertz CT molecular complexity index is 1650. The number of fused-ring (bicyclic) bond motifs is 1. The van der Waals surface area contributed by atoms with Gasteiger partial charge in [-0.2, -0.15) is 13.2 Å². The van der Waals surface area contributed by atoms with Gasteiger partial charge < -0.3 is 19.3 Å². The van der Waals surface area contributed by atoms with Gasteiger partial charge in [-0.25, -0.2) is 4.79 Å². The van der Waals surface area contributed by atoms with E-state index in [9.17, 15) is 23.1 Å². The highest BCUT2D eigenvalue weighted by molar-refractivity contribution is 5.97. The number of hydrogen-bond acceptors (Lipinski definition) is 4. The van der Waals surface area contributed by atoms with E-state index in [4.69, 9.17) is 9.90 Å². The number of benzene rings is 3. The molecule has 1 aromatic heterocycles. The molecule has 230 valence electrons. The van der Waals surface area contributed by atoms with Crippen molar-refractivity contribution in [1.29, 1.82) is 0 Å². The van der Waals surface area contributed by atoms with Gasteiger partial charge in [-0.05, 0) is 40.7 Å². The van der Waals surface area contributed by atoms with Crippen molar-refractivity contribution in [2.75, 3.05) is 7.05 Å². The number of ketones is 1. The van der Waals surface area contributed by atoms with Crippen LogP contribution in [0.3, 0.4) is 0 Å². The maximum atomic E-state index is 13.8. The van der Waals surface area contributed by atoms with Crippen molar-refractivity contribution in [3.05, 3.63) is 94.6 Å². The maximum Gasteiger partial charge on any atom is 0.490 e. The van der Waals surface area contributed by atoms with Crippen molar-refractivity contribution < 1.29 is 33.0 Å². The number of aromatic nitrogens is 2. The lowest BCUT2D eigenvalue weighted by Gasteiger charge is -2.28. The van der Waals surface area contributed by atoms with Crippen LogP contribution in [0, 0.1) is 0 Å². The lowest BCUT2D eigenvalue weighted by molar-refractivity contribution is -0.192. The van der Waals surface area contributed by atoms with E-state index in [2.05, 4.69) is 69.3 Å². The van der Waals surface area contributed by atoms with Crippen LogP contribution in [-0.4, -0.2) is 44.3 Å². The molecule has 43 heavy (non-hydrogen) atoms. The topological polar surface area (TPSA) is 96.8 Å². The van der Waals surface area contributed by atoms with E-state index >= 15 is 0 Å². The average Bonchev–Trinajstić information content (AvgIpc) is 3.19. The molecule has 10 heteroatoms. The molecule has 0 radical (unpaired) electrons. The third-order valence-electron chi connectivity index (χ3n) is 6.92. The maximum absolute atomic E-state index is 13.8. The minimum atomic E-state index is -5.08. The fraction of sp³-hybridized carbons (Fsp3) is 0.364. The number of Topliss-reactive ketones (excluding diaryl/α,β-unsaturated/α-hetero) is 1. The van der Waals surface area contributed by atoms with E-state index in [1.165, 1.54) is 5.56 Å². The number of carbonyl (C=O) groups excluding carboxylic acids is 1. The fourth-order valence-electron chi connectivity index (χ4n) is 4.77. The van der Waals surface area contributed by atoms with Gasteiger partial charge in [-0.1, -0.05) is 84.0 Å². The number of carboxylic acid groups (broad SMARTS) is 1. The van der Waals surface area contributed by atoms with Gasteiger partial charge in [0.2, 0.25) is 5.62 Å². The van der Waals surface area contributed by atoms with Crippen molar-refractivity contribution in [2.24, 2.45) is 4.99 Å². The Hall–Kier alpha value is -4.34. The number of phenolic OH excluding ortho intramolecular Hbond substituents is 1. The molecule has 2 N–H and O–H groups in total. The van der Waals surface area contributed by atoms with E-state index < -0.39 is 12.1 Å². The molecule has 0 aliphatic rings. The van der Waals surface area contributed by atoms with Crippen LogP contribution in [0.5, 0.6) is 5.75 Å². The molecule has 0 unspecified atom stereocenters. The zero-order chi connectivity index (χ0) is 32.3. The molecule has 0 aliphatic heterocycles. The van der Waals surface area contributed by atoms with Crippen LogP contribution in [0.2, 0.25) is 0 Å². The minimum Gasteiger partial charge on any atom is -0.507 e. The number of halogens is 3. The zero-order valence-corrected chi connectivity index (χ0v) is 25.5. The Morgan fingerprint density at radius 3 is 1.65 bits per heavy atom. The van der Waals surface area contributed by atoms with Crippen molar-refractivity contribution in [2.45, 2.75) is 71.6 Å². The molecule has 0 saturated heterocycles. The van der Waals surface area contributed by atoms with Crippen LogP contribution < -0.4 is 5.62 Å². The first-order valence-electron chi connectivity index (χ1n) is 13.7. The van der Waals surface area contributed by atoms with Gasteiger partial charge >= 0.3 is 12.1 Å². The number of aromatic hydroxyl groups is 1. The summed E-state index contributed by atoms with van der Waals surface area (Å²) in [6, 6.07) is 22.1. The second-order valence-electron chi connectivity index (χ2n) is 12.3. The molecule has 4 rings (SSSR count). The molecule has 0 fully saturated rings. The van der Waals surface area contributed by atoms with Gasteiger partial charge in [0.15, 0.2) is 5.78 Å². The van der Waals surface area contributed by atoms with Crippen LogP contribution in [0.1, 0.15) is 68.6 Å². The molecule has 3 aromatic carbocycles. The second kappa shape index (κ2) is 12.5. The molecular weight excluding hydrogens is 559 g/mol. The van der Waals surface area contributed by atoms with Crippen LogP contribution in [0.4, 0.5) is 13.2 Å². The fourth-order valence-corrected chi connectivity index (χ4v) is 4.77. The Morgan fingerprint density at radius 2 is 1.23 bits per heavy atom. The highest BCUT2D eigenvalue weighted by atomic mass is 19.4. The number of carboxylic acids is 1. The predicted molar refractivity (Wildman–Crippen MR) is 160 cm³/mol. The average molecular weight is 598 g/mol. The van der Waals surface area contributed by atoms with E-state index in [0.717, 1.165) is 27.8 Å². The standard InChI is InChI=1S/C31H37N3O2.C2HF3O2/c1-30(2,3)23-17-22(18-24(28(23)36)31(4,5)6)27(35)20-34-26-16-12-11-15-25(26)33(29(34)32-7)19-21-13-9-8-10-14-21;3-2(4,5)1(6)7/h8-18,36H,19-20H2,1-7H3;(H,6,7). The van der Waals surface area contributed by atoms with E-state index in [0.29, 0.717) is 12.1 Å². The summed E-state index contributed by atoms with van der Waals surface area (Å²) in [6.07, 6.45) is -5.08. The normalized spacial score (nSPS) is 12.7. The highest BCUT2D eigenvalue weighted by Gasteiger charge is 2.38. The van der Waals surface area contributed by atoms with Crippen LogP contribution in [0.15, 0.2) is 71.7 Å². The molecule has 0 bridgehead atoms. The van der Waals surface area contributed by atoms with Crippen molar-refractivity contribution in [3.63, 3.8) is 0 Å². The van der Waals surface area contributed by atoms with Crippen molar-refractivity contribution in [1.82, 2.24) is 9.13 Å². The highest BCUT2D eigenvalue weighted by Crippen LogP contribution is 2.40. The first-order chi connectivity index (χ1) is 19.9. The Labute approximate surface area is 248 Å². The van der Waals surface area contributed by atoms with E-state index in [-0.39, 0.29) is 28.9 Å². The number of carbonyl (C=O) groups is 2. The Morgan fingerprint density at radius 1 is 0.791 bits per heavy atom. The van der Waals surface area contributed by atoms with Gasteiger partial charge in [0, 0.05) is 23.7 Å².